The molecule has 0 heterocycles. The smallest absolute Gasteiger partial charge is 0.276 e. The summed E-state index contributed by atoms with van der Waals surface area (Å²) < 4.78 is 6.38. The Hall–Kier alpha value is -3.23. The van der Waals surface area contributed by atoms with Gasteiger partial charge in [0.15, 0.2) is 11.7 Å². The first-order valence-corrected chi connectivity index (χ1v) is 10.6. The molecule has 0 fully saturated rings. The van der Waals surface area contributed by atoms with Crippen LogP contribution in [0, 0.1) is 6.92 Å². The van der Waals surface area contributed by atoms with Gasteiger partial charge in [0.1, 0.15) is 5.75 Å². The van der Waals surface area contributed by atoms with Crippen LogP contribution in [0.1, 0.15) is 11.1 Å². The molecule has 0 unspecified atom stereocenters. The first kappa shape index (κ1) is 22.5. The Kier molecular flexibility index (Phi) is 7.75. The number of hydrogen-bond acceptors (Lipinski definition) is 4. The van der Waals surface area contributed by atoms with Crippen LogP contribution in [0.25, 0.3) is 16.8 Å². The van der Waals surface area contributed by atoms with E-state index in [1.807, 2.05) is 61.5 Å². The summed E-state index contributed by atoms with van der Waals surface area (Å²) >= 11 is 8.43. The zero-order chi connectivity index (χ0) is 22.2. The third kappa shape index (κ3) is 6.63. The Morgan fingerprint density at radius 1 is 1.06 bits per heavy atom. The number of hydrazine groups is 1. The summed E-state index contributed by atoms with van der Waals surface area (Å²) in [5.74, 6) is -0.282. The maximum atomic E-state index is 12.1. The maximum Gasteiger partial charge on any atom is 0.276 e. The highest BCUT2D eigenvalue weighted by atomic mass is 79.9. The number of amides is 2. The van der Waals surface area contributed by atoms with Crippen LogP contribution in [0.15, 0.2) is 71.2 Å². The molecular weight excluding hydrogens is 478 g/mol. The minimum atomic E-state index is -0.441. The molecule has 0 saturated carbocycles. The monoisotopic (exact) mass is 497 g/mol. The Morgan fingerprint density at radius 2 is 1.84 bits per heavy atom. The Balaban J connectivity index is 1.44. The minimum absolute atomic E-state index is 0.0274. The van der Waals surface area contributed by atoms with Crippen molar-refractivity contribution in [2.75, 3.05) is 6.61 Å². The fourth-order valence-electron chi connectivity index (χ4n) is 2.76. The first-order chi connectivity index (χ1) is 14.9. The third-order valence-corrected chi connectivity index (χ3v) is 5.38. The van der Waals surface area contributed by atoms with Gasteiger partial charge in [-0.05, 0) is 65.3 Å². The number of benzene rings is 3. The number of hydrogen-bond donors (Lipinski definition) is 3. The van der Waals surface area contributed by atoms with Gasteiger partial charge >= 0.3 is 0 Å². The van der Waals surface area contributed by atoms with Gasteiger partial charge in [-0.1, -0.05) is 58.4 Å². The van der Waals surface area contributed by atoms with Gasteiger partial charge in [-0.3, -0.25) is 25.8 Å². The van der Waals surface area contributed by atoms with Crippen LogP contribution >= 0.6 is 28.1 Å². The molecule has 8 heteroatoms. The molecule has 158 valence electrons. The molecule has 2 amide bonds. The quantitative estimate of drug-likeness (QED) is 0.281. The van der Waals surface area contributed by atoms with Crippen LogP contribution < -0.4 is 20.9 Å². The molecule has 0 aromatic heterocycles. The highest BCUT2D eigenvalue weighted by Crippen LogP contribution is 2.21. The molecule has 0 atom stereocenters. The topological polar surface area (TPSA) is 79.5 Å². The van der Waals surface area contributed by atoms with Gasteiger partial charge in [0.2, 0.25) is 5.91 Å². The van der Waals surface area contributed by atoms with Gasteiger partial charge in [-0.15, -0.1) is 0 Å². The number of carbonyl (C=O) groups is 2. The molecule has 0 saturated heterocycles. The number of halogens is 1. The molecule has 3 aromatic carbocycles. The van der Waals surface area contributed by atoms with E-state index in [2.05, 4.69) is 32.1 Å². The second-order valence-electron chi connectivity index (χ2n) is 6.59. The van der Waals surface area contributed by atoms with Crippen molar-refractivity contribution in [3.8, 4) is 5.75 Å². The lowest BCUT2D eigenvalue weighted by molar-refractivity contribution is -0.123. The third-order valence-electron chi connectivity index (χ3n) is 4.29. The van der Waals surface area contributed by atoms with Crippen molar-refractivity contribution >= 4 is 61.9 Å². The molecule has 3 aromatic rings. The van der Waals surface area contributed by atoms with E-state index in [4.69, 9.17) is 17.0 Å². The maximum absolute atomic E-state index is 12.1. The molecule has 0 radical (unpaired) electrons. The number of fused-ring (bicyclic) bond motifs is 1. The zero-order valence-corrected chi connectivity index (χ0v) is 19.0. The number of aryl methyl sites for hydroxylation is 1. The molecule has 6 nitrogen and oxygen atoms in total. The molecule has 0 bridgehead atoms. The van der Waals surface area contributed by atoms with Crippen molar-refractivity contribution in [2.24, 2.45) is 0 Å². The Labute approximate surface area is 193 Å². The van der Waals surface area contributed by atoms with Crippen molar-refractivity contribution in [2.45, 2.75) is 6.92 Å². The summed E-state index contributed by atoms with van der Waals surface area (Å²) in [7, 11) is 0. The van der Waals surface area contributed by atoms with Gasteiger partial charge in [0, 0.05) is 10.5 Å². The summed E-state index contributed by atoms with van der Waals surface area (Å²) in [6.07, 6.45) is 3.10. The largest absolute Gasteiger partial charge is 0.484 e. The van der Waals surface area contributed by atoms with Gasteiger partial charge in [0.25, 0.3) is 5.91 Å². The normalized spacial score (nSPS) is 10.6. The second-order valence-corrected chi connectivity index (χ2v) is 7.86. The standard InChI is InChI=1S/C23H20BrN3O3S/c1-15-13-18(10-11-20(15)24)30-14-22(29)26-27-23(31)25-21(28)12-9-17-7-4-6-16-5-2-3-8-19(16)17/h2-13H,14H2,1H3,(H,26,29)(H2,25,27,28,31). The summed E-state index contributed by atoms with van der Waals surface area (Å²) in [4.78, 5) is 24.0. The number of thiocarbonyl (C=S) groups is 1. The lowest BCUT2D eigenvalue weighted by Gasteiger charge is -2.11. The minimum Gasteiger partial charge on any atom is -0.484 e. The van der Waals surface area contributed by atoms with Crippen LogP contribution in [-0.4, -0.2) is 23.5 Å². The van der Waals surface area contributed by atoms with E-state index < -0.39 is 11.8 Å². The highest BCUT2D eigenvalue weighted by molar-refractivity contribution is 9.10. The molecule has 0 aliphatic rings. The fraction of sp³-hybridized carbons (Fsp3) is 0.0870. The number of rotatable bonds is 5. The highest BCUT2D eigenvalue weighted by Gasteiger charge is 2.06. The van der Waals surface area contributed by atoms with Crippen LogP contribution in [0.4, 0.5) is 0 Å². The predicted molar refractivity (Wildman–Crippen MR) is 129 cm³/mol. The van der Waals surface area contributed by atoms with Gasteiger partial charge < -0.3 is 4.74 Å². The van der Waals surface area contributed by atoms with Crippen LogP contribution in [0.5, 0.6) is 5.75 Å². The van der Waals surface area contributed by atoms with Crippen molar-refractivity contribution < 1.29 is 14.3 Å². The second kappa shape index (κ2) is 10.7. The zero-order valence-electron chi connectivity index (χ0n) is 16.6. The molecule has 3 N–H and O–H groups in total. The van der Waals surface area contributed by atoms with E-state index >= 15 is 0 Å². The van der Waals surface area contributed by atoms with E-state index in [9.17, 15) is 9.59 Å². The van der Waals surface area contributed by atoms with Crippen molar-refractivity contribution in [3.63, 3.8) is 0 Å². The van der Waals surface area contributed by atoms with Crippen molar-refractivity contribution in [1.82, 2.24) is 16.2 Å². The molecule has 31 heavy (non-hydrogen) atoms. The summed E-state index contributed by atoms with van der Waals surface area (Å²) in [6.45, 7) is 1.72. The molecule has 3 rings (SSSR count). The van der Waals surface area contributed by atoms with Gasteiger partial charge in [-0.25, -0.2) is 0 Å². The number of ether oxygens (including phenoxy) is 1. The molecule has 0 aliphatic heterocycles. The average Bonchev–Trinajstić information content (AvgIpc) is 2.77. The summed E-state index contributed by atoms with van der Waals surface area (Å²) in [6, 6.07) is 19.2. The van der Waals surface area contributed by atoms with Gasteiger partial charge in [-0.2, -0.15) is 0 Å². The van der Waals surface area contributed by atoms with E-state index in [-0.39, 0.29) is 11.7 Å². The average molecular weight is 498 g/mol. The first-order valence-electron chi connectivity index (χ1n) is 9.37. The lowest BCUT2D eigenvalue weighted by atomic mass is 10.0. The van der Waals surface area contributed by atoms with Crippen LogP contribution in [0.2, 0.25) is 0 Å². The van der Waals surface area contributed by atoms with E-state index in [0.717, 1.165) is 26.4 Å². The van der Waals surface area contributed by atoms with E-state index in [0.29, 0.717) is 5.75 Å². The predicted octanol–water partition coefficient (Wildman–Crippen LogP) is 4.02. The lowest BCUT2D eigenvalue weighted by Crippen LogP contribution is -2.49. The SMILES string of the molecule is Cc1cc(OCC(=O)NNC(=S)NC(=O)C=Cc2cccc3ccccc23)ccc1Br. The van der Waals surface area contributed by atoms with Crippen LogP contribution in [0.3, 0.4) is 0 Å². The van der Waals surface area contributed by atoms with Crippen molar-refractivity contribution in [3.05, 3.63) is 82.3 Å². The van der Waals surface area contributed by atoms with E-state index in [1.54, 1.807) is 12.1 Å². The number of nitrogens with one attached hydrogen (secondary N) is 3. The van der Waals surface area contributed by atoms with Crippen molar-refractivity contribution in [1.29, 1.82) is 0 Å². The summed E-state index contributed by atoms with van der Waals surface area (Å²) in [5, 5.41) is 4.58. The molecular formula is C23H20BrN3O3S. The van der Waals surface area contributed by atoms with Gasteiger partial charge in [0.05, 0.1) is 0 Å². The molecule has 0 spiro atoms. The fourth-order valence-corrected chi connectivity index (χ4v) is 3.16. The number of carbonyl (C=O) groups excluding carboxylic acids is 2. The molecule has 0 aliphatic carbocycles. The summed E-state index contributed by atoms with van der Waals surface area (Å²) in [5.41, 5.74) is 6.77. The van der Waals surface area contributed by atoms with E-state index in [1.165, 1.54) is 6.08 Å². The van der Waals surface area contributed by atoms with Crippen LogP contribution in [-0.2, 0) is 9.59 Å². The Bertz CT molecular complexity index is 1160. The Morgan fingerprint density at radius 3 is 2.65 bits per heavy atom.